The van der Waals surface area contributed by atoms with Crippen molar-refractivity contribution in [2.75, 3.05) is 20.3 Å². The zero-order valence-corrected chi connectivity index (χ0v) is 14.0. The Kier molecular flexibility index (Phi) is 5.34. The van der Waals surface area contributed by atoms with Gasteiger partial charge in [-0.3, -0.25) is 0 Å². The number of aromatic nitrogens is 1. The fraction of sp³-hybridized carbons (Fsp3) is 0.263. The SMILES string of the molecule is COCCNCc1cn(Cc2ccccc2Cl)c2ccccc12. The van der Waals surface area contributed by atoms with E-state index < -0.39 is 0 Å². The first-order valence-electron chi connectivity index (χ1n) is 7.79. The van der Waals surface area contributed by atoms with E-state index in [-0.39, 0.29) is 0 Å². The van der Waals surface area contributed by atoms with Gasteiger partial charge in [0.2, 0.25) is 0 Å². The lowest BCUT2D eigenvalue weighted by atomic mass is 10.2. The molecule has 4 heteroatoms. The van der Waals surface area contributed by atoms with Crippen molar-refractivity contribution in [1.29, 1.82) is 0 Å². The second-order valence-electron chi connectivity index (χ2n) is 5.56. The molecule has 0 amide bonds. The van der Waals surface area contributed by atoms with Crippen LogP contribution in [0, 0.1) is 0 Å². The summed E-state index contributed by atoms with van der Waals surface area (Å²) in [6.07, 6.45) is 2.22. The number of methoxy groups -OCH3 is 1. The normalized spacial score (nSPS) is 11.2. The number of halogens is 1. The summed E-state index contributed by atoms with van der Waals surface area (Å²) in [6.45, 7) is 3.18. The Labute approximate surface area is 141 Å². The van der Waals surface area contributed by atoms with Crippen LogP contribution in [-0.2, 0) is 17.8 Å². The van der Waals surface area contributed by atoms with Crippen molar-refractivity contribution in [1.82, 2.24) is 9.88 Å². The lowest BCUT2D eigenvalue weighted by Crippen LogP contribution is -2.18. The maximum Gasteiger partial charge on any atom is 0.0587 e. The Hall–Kier alpha value is -1.81. The van der Waals surface area contributed by atoms with E-state index in [0.717, 1.165) is 36.8 Å². The van der Waals surface area contributed by atoms with E-state index in [1.807, 2.05) is 18.2 Å². The molecule has 2 aromatic carbocycles. The smallest absolute Gasteiger partial charge is 0.0587 e. The minimum atomic E-state index is 0.721. The number of nitrogens with zero attached hydrogens (tertiary/aromatic N) is 1. The van der Waals surface area contributed by atoms with Gasteiger partial charge in [0.25, 0.3) is 0 Å². The number of nitrogens with one attached hydrogen (secondary N) is 1. The summed E-state index contributed by atoms with van der Waals surface area (Å²) in [4.78, 5) is 0. The lowest BCUT2D eigenvalue weighted by Gasteiger charge is -2.07. The van der Waals surface area contributed by atoms with Gasteiger partial charge < -0.3 is 14.6 Å². The second-order valence-corrected chi connectivity index (χ2v) is 5.97. The maximum atomic E-state index is 6.31. The van der Waals surface area contributed by atoms with Gasteiger partial charge in [0.05, 0.1) is 6.61 Å². The average Bonchev–Trinajstić information content (AvgIpc) is 2.92. The summed E-state index contributed by atoms with van der Waals surface area (Å²) < 4.78 is 7.35. The number of ether oxygens (including phenoxy) is 1. The summed E-state index contributed by atoms with van der Waals surface area (Å²) in [5.41, 5.74) is 3.66. The van der Waals surface area contributed by atoms with Crippen LogP contribution in [0.25, 0.3) is 10.9 Å². The third-order valence-electron chi connectivity index (χ3n) is 3.97. The van der Waals surface area contributed by atoms with Crippen LogP contribution in [0.1, 0.15) is 11.1 Å². The summed E-state index contributed by atoms with van der Waals surface area (Å²) in [6, 6.07) is 16.5. The highest BCUT2D eigenvalue weighted by Gasteiger charge is 2.09. The standard InChI is InChI=1S/C19H21ClN2O/c1-23-11-10-21-12-16-14-22(19-9-5-3-7-17(16)19)13-15-6-2-4-8-18(15)20/h2-9,14,21H,10-13H2,1H3. The first-order chi connectivity index (χ1) is 11.3. The van der Waals surface area contributed by atoms with Gasteiger partial charge in [0.1, 0.15) is 0 Å². The molecule has 1 heterocycles. The van der Waals surface area contributed by atoms with Gasteiger partial charge in [-0.1, -0.05) is 48.0 Å². The van der Waals surface area contributed by atoms with E-state index >= 15 is 0 Å². The van der Waals surface area contributed by atoms with Gasteiger partial charge in [-0.2, -0.15) is 0 Å². The van der Waals surface area contributed by atoms with E-state index in [0.29, 0.717) is 0 Å². The van der Waals surface area contributed by atoms with Gasteiger partial charge in [0, 0.05) is 48.9 Å². The second kappa shape index (κ2) is 7.64. The summed E-state index contributed by atoms with van der Waals surface area (Å²) in [5, 5.41) is 5.51. The molecule has 0 saturated heterocycles. The number of hydrogen-bond acceptors (Lipinski definition) is 2. The molecule has 0 fully saturated rings. The average molecular weight is 329 g/mol. The topological polar surface area (TPSA) is 26.2 Å². The molecule has 0 aliphatic carbocycles. The van der Waals surface area contributed by atoms with E-state index in [1.54, 1.807) is 7.11 Å². The number of benzene rings is 2. The van der Waals surface area contributed by atoms with Crippen molar-refractivity contribution in [3.05, 3.63) is 70.9 Å². The van der Waals surface area contributed by atoms with Crippen molar-refractivity contribution >= 4 is 22.5 Å². The van der Waals surface area contributed by atoms with Gasteiger partial charge in [-0.05, 0) is 23.3 Å². The zero-order valence-electron chi connectivity index (χ0n) is 13.3. The Balaban J connectivity index is 1.87. The fourth-order valence-corrected chi connectivity index (χ4v) is 3.00. The molecule has 0 bridgehead atoms. The summed E-state index contributed by atoms with van der Waals surface area (Å²) in [7, 11) is 1.72. The minimum absolute atomic E-state index is 0.721. The molecule has 3 rings (SSSR count). The van der Waals surface area contributed by atoms with Crippen LogP contribution in [0.15, 0.2) is 54.7 Å². The van der Waals surface area contributed by atoms with Crippen molar-refractivity contribution in [3.8, 4) is 0 Å². The molecule has 1 N–H and O–H groups in total. The van der Waals surface area contributed by atoms with E-state index in [4.69, 9.17) is 16.3 Å². The van der Waals surface area contributed by atoms with E-state index in [2.05, 4.69) is 46.4 Å². The molecule has 3 aromatic rings. The lowest BCUT2D eigenvalue weighted by molar-refractivity contribution is 0.199. The van der Waals surface area contributed by atoms with Crippen LogP contribution in [0.3, 0.4) is 0 Å². The number of hydrogen-bond donors (Lipinski definition) is 1. The number of para-hydroxylation sites is 1. The van der Waals surface area contributed by atoms with Gasteiger partial charge >= 0.3 is 0 Å². The molecule has 3 nitrogen and oxygen atoms in total. The molecule has 0 unspecified atom stereocenters. The molecule has 0 aliphatic heterocycles. The molecule has 0 saturated carbocycles. The van der Waals surface area contributed by atoms with Gasteiger partial charge in [-0.15, -0.1) is 0 Å². The highest BCUT2D eigenvalue weighted by atomic mass is 35.5. The molecule has 0 aliphatic rings. The van der Waals surface area contributed by atoms with Crippen molar-refractivity contribution in [2.24, 2.45) is 0 Å². The summed E-state index contributed by atoms with van der Waals surface area (Å²) >= 11 is 6.31. The predicted molar refractivity (Wildman–Crippen MR) is 96.1 cm³/mol. The summed E-state index contributed by atoms with van der Waals surface area (Å²) in [5.74, 6) is 0. The van der Waals surface area contributed by atoms with Crippen LogP contribution in [-0.4, -0.2) is 24.8 Å². The molecule has 0 spiro atoms. The Morgan fingerprint density at radius 1 is 1.04 bits per heavy atom. The van der Waals surface area contributed by atoms with Crippen molar-refractivity contribution in [3.63, 3.8) is 0 Å². The van der Waals surface area contributed by atoms with Crippen LogP contribution in [0.2, 0.25) is 5.02 Å². The highest BCUT2D eigenvalue weighted by molar-refractivity contribution is 6.31. The third kappa shape index (κ3) is 3.75. The quantitative estimate of drug-likeness (QED) is 0.661. The minimum Gasteiger partial charge on any atom is -0.383 e. The maximum absolute atomic E-state index is 6.31. The Morgan fingerprint density at radius 2 is 1.83 bits per heavy atom. The van der Waals surface area contributed by atoms with Crippen molar-refractivity contribution in [2.45, 2.75) is 13.1 Å². The molecular weight excluding hydrogens is 308 g/mol. The zero-order chi connectivity index (χ0) is 16.1. The van der Waals surface area contributed by atoms with Crippen LogP contribution in [0.4, 0.5) is 0 Å². The fourth-order valence-electron chi connectivity index (χ4n) is 2.80. The van der Waals surface area contributed by atoms with Crippen LogP contribution < -0.4 is 5.32 Å². The monoisotopic (exact) mass is 328 g/mol. The first kappa shape index (κ1) is 16.1. The van der Waals surface area contributed by atoms with Crippen molar-refractivity contribution < 1.29 is 4.74 Å². The molecule has 120 valence electrons. The Bertz CT molecular complexity index is 782. The third-order valence-corrected chi connectivity index (χ3v) is 4.34. The van der Waals surface area contributed by atoms with E-state index in [1.165, 1.54) is 16.5 Å². The van der Waals surface area contributed by atoms with Crippen LogP contribution in [0.5, 0.6) is 0 Å². The predicted octanol–water partition coefficient (Wildman–Crippen LogP) is 4.08. The largest absolute Gasteiger partial charge is 0.383 e. The van der Waals surface area contributed by atoms with Crippen LogP contribution >= 0.6 is 11.6 Å². The Morgan fingerprint density at radius 3 is 2.65 bits per heavy atom. The molecular formula is C19H21ClN2O. The van der Waals surface area contributed by atoms with Gasteiger partial charge in [-0.25, -0.2) is 0 Å². The molecule has 0 atom stereocenters. The molecule has 1 aromatic heterocycles. The highest BCUT2D eigenvalue weighted by Crippen LogP contribution is 2.24. The number of rotatable bonds is 7. The molecule has 23 heavy (non-hydrogen) atoms. The first-order valence-corrected chi connectivity index (χ1v) is 8.17. The molecule has 0 radical (unpaired) electrons. The number of fused-ring (bicyclic) bond motifs is 1. The van der Waals surface area contributed by atoms with Gasteiger partial charge in [0.15, 0.2) is 0 Å². The van der Waals surface area contributed by atoms with E-state index in [9.17, 15) is 0 Å².